The summed E-state index contributed by atoms with van der Waals surface area (Å²) in [7, 11) is 0. The Morgan fingerprint density at radius 1 is 0.938 bits per heavy atom. The van der Waals surface area contributed by atoms with Crippen LogP contribution in [0.15, 0.2) is 60.7 Å². The first-order chi connectivity index (χ1) is 15.6. The van der Waals surface area contributed by atoms with Crippen LogP contribution in [-0.4, -0.2) is 56.1 Å². The number of benzene rings is 2. The van der Waals surface area contributed by atoms with Gasteiger partial charge in [0, 0.05) is 36.8 Å². The molecule has 6 heteroatoms. The van der Waals surface area contributed by atoms with Gasteiger partial charge in [-0.3, -0.25) is 14.5 Å². The molecule has 4 rings (SSSR count). The molecular formula is C26H33N3O3. The van der Waals surface area contributed by atoms with Gasteiger partial charge in [0.2, 0.25) is 11.8 Å². The number of rotatable bonds is 7. The summed E-state index contributed by atoms with van der Waals surface area (Å²) in [5, 5.41) is 6.19. The third-order valence-electron chi connectivity index (χ3n) is 6.83. The average Bonchev–Trinajstić information content (AvgIpc) is 2.85. The topological polar surface area (TPSA) is 70.7 Å². The molecule has 170 valence electrons. The Labute approximate surface area is 190 Å². The van der Waals surface area contributed by atoms with E-state index in [9.17, 15) is 9.59 Å². The van der Waals surface area contributed by atoms with Crippen molar-refractivity contribution in [2.45, 2.75) is 31.1 Å². The molecule has 2 aromatic carbocycles. The standard InChI is InChI=1S/C26H33N3O3/c30-24(27-20-26(13-17-32-18-14-26)22-7-3-1-4-8-22)19-29-15-11-21(12-16-29)25(31)28-23-9-5-2-6-10-23/h1-10,21H,11-20H2,(H,27,30)(H,28,31). The van der Waals surface area contributed by atoms with E-state index >= 15 is 0 Å². The molecule has 2 N–H and O–H groups in total. The molecule has 0 radical (unpaired) electrons. The molecule has 2 saturated heterocycles. The van der Waals surface area contributed by atoms with Gasteiger partial charge in [0.15, 0.2) is 0 Å². The number of hydrogen-bond donors (Lipinski definition) is 2. The molecule has 2 amide bonds. The fraction of sp³-hybridized carbons (Fsp3) is 0.462. The second kappa shape index (κ2) is 10.7. The third-order valence-corrected chi connectivity index (χ3v) is 6.83. The van der Waals surface area contributed by atoms with Crippen LogP contribution in [0.25, 0.3) is 0 Å². The van der Waals surface area contributed by atoms with Crippen LogP contribution in [0, 0.1) is 5.92 Å². The highest BCUT2D eigenvalue weighted by Crippen LogP contribution is 2.34. The molecule has 2 aromatic rings. The summed E-state index contributed by atoms with van der Waals surface area (Å²) in [6, 6.07) is 20.0. The molecule has 0 aliphatic carbocycles. The highest BCUT2D eigenvalue weighted by molar-refractivity contribution is 5.92. The van der Waals surface area contributed by atoms with Gasteiger partial charge in [-0.1, -0.05) is 48.5 Å². The minimum absolute atomic E-state index is 0.00175. The molecule has 0 spiro atoms. The summed E-state index contributed by atoms with van der Waals surface area (Å²) < 4.78 is 5.59. The van der Waals surface area contributed by atoms with Crippen molar-refractivity contribution in [3.05, 3.63) is 66.2 Å². The number of ether oxygens (including phenoxy) is 1. The van der Waals surface area contributed by atoms with Gasteiger partial charge in [-0.25, -0.2) is 0 Å². The van der Waals surface area contributed by atoms with E-state index in [2.05, 4.69) is 39.8 Å². The normalized spacial score (nSPS) is 19.2. The molecule has 2 heterocycles. The predicted molar refractivity (Wildman–Crippen MR) is 125 cm³/mol. The quantitative estimate of drug-likeness (QED) is 0.701. The summed E-state index contributed by atoms with van der Waals surface area (Å²) in [4.78, 5) is 27.4. The second-order valence-electron chi connectivity index (χ2n) is 8.94. The van der Waals surface area contributed by atoms with Crippen LogP contribution in [0.1, 0.15) is 31.2 Å². The van der Waals surface area contributed by atoms with Crippen molar-refractivity contribution in [2.24, 2.45) is 5.92 Å². The van der Waals surface area contributed by atoms with Crippen LogP contribution in [0.4, 0.5) is 5.69 Å². The molecular weight excluding hydrogens is 402 g/mol. The molecule has 0 saturated carbocycles. The van der Waals surface area contributed by atoms with E-state index in [1.165, 1.54) is 5.56 Å². The number of hydrogen-bond acceptors (Lipinski definition) is 4. The Morgan fingerprint density at radius 2 is 1.56 bits per heavy atom. The molecule has 32 heavy (non-hydrogen) atoms. The van der Waals surface area contributed by atoms with Crippen molar-refractivity contribution in [3.8, 4) is 0 Å². The van der Waals surface area contributed by atoms with Gasteiger partial charge < -0.3 is 15.4 Å². The number of amides is 2. The van der Waals surface area contributed by atoms with Crippen molar-refractivity contribution < 1.29 is 14.3 Å². The lowest BCUT2D eigenvalue weighted by Gasteiger charge is -2.38. The van der Waals surface area contributed by atoms with Gasteiger partial charge >= 0.3 is 0 Å². The molecule has 0 aromatic heterocycles. The predicted octanol–water partition coefficient (Wildman–Crippen LogP) is 3.20. The van der Waals surface area contributed by atoms with Gasteiger partial charge in [-0.05, 0) is 56.5 Å². The van der Waals surface area contributed by atoms with Crippen molar-refractivity contribution in [3.63, 3.8) is 0 Å². The number of para-hydroxylation sites is 1. The number of carbonyl (C=O) groups is 2. The van der Waals surface area contributed by atoms with Gasteiger partial charge in [0.1, 0.15) is 0 Å². The Kier molecular flexibility index (Phi) is 7.55. The van der Waals surface area contributed by atoms with Gasteiger partial charge in [-0.15, -0.1) is 0 Å². The average molecular weight is 436 g/mol. The van der Waals surface area contributed by atoms with E-state index < -0.39 is 0 Å². The maximum absolute atomic E-state index is 12.7. The molecule has 6 nitrogen and oxygen atoms in total. The van der Waals surface area contributed by atoms with Gasteiger partial charge in [0.25, 0.3) is 0 Å². The van der Waals surface area contributed by atoms with E-state index in [1.807, 2.05) is 36.4 Å². The van der Waals surface area contributed by atoms with E-state index in [0.29, 0.717) is 13.1 Å². The van der Waals surface area contributed by atoms with Gasteiger partial charge in [-0.2, -0.15) is 0 Å². The Morgan fingerprint density at radius 3 is 2.22 bits per heavy atom. The lowest BCUT2D eigenvalue weighted by molar-refractivity contribution is -0.123. The van der Waals surface area contributed by atoms with Gasteiger partial charge in [0.05, 0.1) is 6.54 Å². The fourth-order valence-corrected chi connectivity index (χ4v) is 4.77. The molecule has 0 unspecified atom stereocenters. The highest BCUT2D eigenvalue weighted by Gasteiger charge is 2.35. The van der Waals surface area contributed by atoms with E-state index in [4.69, 9.17) is 4.74 Å². The largest absolute Gasteiger partial charge is 0.381 e. The molecule has 0 bridgehead atoms. The van der Waals surface area contributed by atoms with Crippen LogP contribution in [-0.2, 0) is 19.7 Å². The first kappa shape index (κ1) is 22.5. The van der Waals surface area contributed by atoms with Crippen LogP contribution < -0.4 is 10.6 Å². The lowest BCUT2D eigenvalue weighted by Crippen LogP contribution is -2.48. The summed E-state index contributed by atoms with van der Waals surface area (Å²) in [6.45, 7) is 3.99. The van der Waals surface area contributed by atoms with Crippen molar-refractivity contribution in [1.29, 1.82) is 0 Å². The third kappa shape index (κ3) is 5.75. The maximum atomic E-state index is 12.7. The van der Waals surface area contributed by atoms with E-state index in [0.717, 1.165) is 57.7 Å². The van der Waals surface area contributed by atoms with Crippen molar-refractivity contribution >= 4 is 17.5 Å². The molecule has 2 fully saturated rings. The van der Waals surface area contributed by atoms with Crippen molar-refractivity contribution in [1.82, 2.24) is 10.2 Å². The van der Waals surface area contributed by atoms with Crippen LogP contribution in [0.3, 0.4) is 0 Å². The fourth-order valence-electron chi connectivity index (χ4n) is 4.77. The van der Waals surface area contributed by atoms with Crippen LogP contribution in [0.2, 0.25) is 0 Å². The van der Waals surface area contributed by atoms with E-state index in [1.54, 1.807) is 0 Å². The molecule has 2 aliphatic rings. The first-order valence-electron chi connectivity index (χ1n) is 11.6. The zero-order valence-electron chi connectivity index (χ0n) is 18.6. The smallest absolute Gasteiger partial charge is 0.234 e. The summed E-state index contributed by atoms with van der Waals surface area (Å²) >= 11 is 0. The SMILES string of the molecule is O=C(CN1CCC(C(=O)Nc2ccccc2)CC1)NCC1(c2ccccc2)CCOCC1. The molecule has 0 atom stereocenters. The highest BCUT2D eigenvalue weighted by atomic mass is 16.5. The zero-order valence-corrected chi connectivity index (χ0v) is 18.6. The number of piperidine rings is 1. The maximum Gasteiger partial charge on any atom is 0.234 e. The number of carbonyl (C=O) groups excluding carboxylic acids is 2. The zero-order chi connectivity index (χ0) is 22.2. The number of nitrogens with one attached hydrogen (secondary N) is 2. The Balaban J connectivity index is 1.24. The number of anilines is 1. The van der Waals surface area contributed by atoms with Crippen molar-refractivity contribution in [2.75, 3.05) is 44.7 Å². The summed E-state index contributed by atoms with van der Waals surface area (Å²) in [5.41, 5.74) is 2.05. The Bertz CT molecular complexity index is 874. The molecule has 2 aliphatic heterocycles. The lowest BCUT2D eigenvalue weighted by atomic mass is 9.74. The number of nitrogens with zero attached hydrogens (tertiary/aromatic N) is 1. The van der Waals surface area contributed by atoms with Crippen LogP contribution in [0.5, 0.6) is 0 Å². The van der Waals surface area contributed by atoms with E-state index in [-0.39, 0.29) is 23.1 Å². The Hall–Kier alpha value is -2.70. The minimum Gasteiger partial charge on any atom is -0.381 e. The minimum atomic E-state index is -0.0578. The summed E-state index contributed by atoms with van der Waals surface area (Å²) in [6.07, 6.45) is 3.38. The van der Waals surface area contributed by atoms with Crippen LogP contribution >= 0.6 is 0 Å². The monoisotopic (exact) mass is 435 g/mol. The second-order valence-corrected chi connectivity index (χ2v) is 8.94. The summed E-state index contributed by atoms with van der Waals surface area (Å²) in [5.74, 6) is 0.127. The first-order valence-corrected chi connectivity index (χ1v) is 11.6. The number of likely N-dealkylation sites (tertiary alicyclic amines) is 1.